The van der Waals surface area contributed by atoms with E-state index >= 15 is 0 Å². The van der Waals surface area contributed by atoms with Crippen LogP contribution in [0, 0.1) is 5.41 Å². The van der Waals surface area contributed by atoms with Crippen molar-refractivity contribution < 1.29 is 19.4 Å². The maximum Gasteiger partial charge on any atom is 0.311 e. The zero-order chi connectivity index (χ0) is 15.6. The van der Waals surface area contributed by atoms with Gasteiger partial charge in [0.25, 0.3) is 5.91 Å². The molecule has 5 nitrogen and oxygen atoms in total. The van der Waals surface area contributed by atoms with Crippen molar-refractivity contribution in [3.8, 4) is 0 Å². The van der Waals surface area contributed by atoms with Gasteiger partial charge in [-0.2, -0.15) is 0 Å². The van der Waals surface area contributed by atoms with Gasteiger partial charge in [0.2, 0.25) is 0 Å². The molecule has 1 fully saturated rings. The Kier molecular flexibility index (Phi) is 4.16. The van der Waals surface area contributed by atoms with Crippen LogP contribution in [0.15, 0.2) is 18.2 Å². The summed E-state index contributed by atoms with van der Waals surface area (Å²) < 4.78 is 5.24. The Morgan fingerprint density at radius 2 is 1.91 bits per heavy atom. The highest BCUT2D eigenvalue weighted by Gasteiger charge is 2.40. The third-order valence-corrected chi connectivity index (χ3v) is 4.85. The van der Waals surface area contributed by atoms with E-state index in [-0.39, 0.29) is 12.5 Å². The van der Waals surface area contributed by atoms with Gasteiger partial charge >= 0.3 is 5.97 Å². The number of carboxylic acids is 1. The van der Waals surface area contributed by atoms with E-state index in [9.17, 15) is 14.7 Å². The van der Waals surface area contributed by atoms with Crippen LogP contribution in [0.3, 0.4) is 0 Å². The highest BCUT2D eigenvalue weighted by atomic mass is 16.5. The number of ether oxygens (including phenoxy) is 1. The van der Waals surface area contributed by atoms with Gasteiger partial charge < -0.3 is 15.2 Å². The molecule has 1 aromatic carbocycles. The van der Waals surface area contributed by atoms with Crippen molar-refractivity contribution in [2.75, 3.05) is 19.8 Å². The number of hydrogen-bond acceptors (Lipinski definition) is 3. The quantitative estimate of drug-likeness (QED) is 0.889. The van der Waals surface area contributed by atoms with Gasteiger partial charge in [-0.25, -0.2) is 0 Å². The fraction of sp³-hybridized carbons (Fsp3) is 0.529. The highest BCUT2D eigenvalue weighted by Crippen LogP contribution is 2.30. The van der Waals surface area contributed by atoms with Crippen LogP contribution < -0.4 is 5.32 Å². The van der Waals surface area contributed by atoms with Crippen LogP contribution in [0.4, 0.5) is 0 Å². The number of benzene rings is 1. The molecule has 2 N–H and O–H groups in total. The first-order valence-corrected chi connectivity index (χ1v) is 7.82. The first-order chi connectivity index (χ1) is 10.6. The van der Waals surface area contributed by atoms with Crippen molar-refractivity contribution >= 4 is 11.9 Å². The summed E-state index contributed by atoms with van der Waals surface area (Å²) in [4.78, 5) is 23.9. The maximum atomic E-state index is 12.3. The smallest absolute Gasteiger partial charge is 0.311 e. The molecule has 0 saturated carbocycles. The Bertz CT molecular complexity index is 590. The number of fused-ring (bicyclic) bond motifs is 1. The van der Waals surface area contributed by atoms with Gasteiger partial charge in [-0.05, 0) is 55.4 Å². The summed E-state index contributed by atoms with van der Waals surface area (Å²) >= 11 is 0. The van der Waals surface area contributed by atoms with Gasteiger partial charge in [0.05, 0.1) is 5.41 Å². The second kappa shape index (κ2) is 6.08. The monoisotopic (exact) mass is 303 g/mol. The SMILES string of the molecule is O=C(NCC1(C(=O)O)CCOCC1)c1ccc2c(c1)CCC2. The fourth-order valence-corrected chi connectivity index (χ4v) is 3.29. The lowest BCUT2D eigenvalue weighted by Gasteiger charge is -2.33. The van der Waals surface area contributed by atoms with Crippen LogP contribution in [0.5, 0.6) is 0 Å². The Labute approximate surface area is 129 Å². The molecule has 0 aromatic heterocycles. The highest BCUT2D eigenvalue weighted by molar-refractivity contribution is 5.94. The number of carbonyl (C=O) groups is 2. The molecule has 5 heteroatoms. The van der Waals surface area contributed by atoms with Crippen molar-refractivity contribution in [2.45, 2.75) is 32.1 Å². The summed E-state index contributed by atoms with van der Waals surface area (Å²) in [5, 5.41) is 12.3. The molecule has 1 aromatic rings. The molecule has 0 radical (unpaired) electrons. The molecule has 2 aliphatic rings. The number of carbonyl (C=O) groups excluding carboxylic acids is 1. The molecule has 1 heterocycles. The predicted molar refractivity (Wildman–Crippen MR) is 80.9 cm³/mol. The molecule has 1 aliphatic heterocycles. The first-order valence-electron chi connectivity index (χ1n) is 7.82. The Morgan fingerprint density at radius 3 is 2.64 bits per heavy atom. The number of carboxylic acid groups (broad SMARTS) is 1. The lowest BCUT2D eigenvalue weighted by molar-refractivity contribution is -0.154. The molecule has 1 saturated heterocycles. The van der Waals surface area contributed by atoms with Crippen LogP contribution in [0.2, 0.25) is 0 Å². The summed E-state index contributed by atoms with van der Waals surface area (Å²) in [5.74, 6) is -1.05. The Morgan fingerprint density at radius 1 is 1.18 bits per heavy atom. The van der Waals surface area contributed by atoms with Crippen LogP contribution in [0.1, 0.15) is 40.7 Å². The molecule has 22 heavy (non-hydrogen) atoms. The van der Waals surface area contributed by atoms with Crippen molar-refractivity contribution in [2.24, 2.45) is 5.41 Å². The average molecular weight is 303 g/mol. The summed E-state index contributed by atoms with van der Waals surface area (Å²) in [6.07, 6.45) is 4.12. The molecule has 1 amide bonds. The maximum absolute atomic E-state index is 12.3. The largest absolute Gasteiger partial charge is 0.481 e. The van der Waals surface area contributed by atoms with E-state index in [4.69, 9.17) is 4.74 Å². The molecule has 0 spiro atoms. The van der Waals surface area contributed by atoms with Gasteiger partial charge in [-0.3, -0.25) is 9.59 Å². The van der Waals surface area contributed by atoms with Gasteiger partial charge in [-0.1, -0.05) is 6.07 Å². The van der Waals surface area contributed by atoms with Crippen LogP contribution >= 0.6 is 0 Å². The molecule has 0 bridgehead atoms. The summed E-state index contributed by atoms with van der Waals surface area (Å²) in [5.41, 5.74) is 2.29. The average Bonchev–Trinajstić information content (AvgIpc) is 3.01. The van der Waals surface area contributed by atoms with Gasteiger partial charge in [0.1, 0.15) is 0 Å². The number of amides is 1. The second-order valence-electron chi connectivity index (χ2n) is 6.22. The standard InChI is InChI=1S/C17H21NO4/c19-15(14-5-4-12-2-1-3-13(12)10-14)18-11-17(16(20)21)6-8-22-9-7-17/h4-5,10H,1-3,6-9,11H2,(H,18,19)(H,20,21). The second-order valence-corrected chi connectivity index (χ2v) is 6.22. The summed E-state index contributed by atoms with van der Waals surface area (Å²) in [6.45, 7) is 1.02. The van der Waals surface area contributed by atoms with E-state index in [1.807, 2.05) is 18.2 Å². The minimum Gasteiger partial charge on any atom is -0.481 e. The topological polar surface area (TPSA) is 75.6 Å². The van der Waals surface area contributed by atoms with E-state index in [1.165, 1.54) is 11.1 Å². The Hall–Kier alpha value is -1.88. The number of nitrogens with one attached hydrogen (secondary N) is 1. The van der Waals surface area contributed by atoms with Crippen molar-refractivity contribution in [3.63, 3.8) is 0 Å². The number of rotatable bonds is 4. The van der Waals surface area contributed by atoms with Gasteiger partial charge in [0.15, 0.2) is 0 Å². The zero-order valence-corrected chi connectivity index (χ0v) is 12.6. The predicted octanol–water partition coefficient (Wildman–Crippen LogP) is 1.79. The third kappa shape index (κ3) is 2.86. The van der Waals surface area contributed by atoms with E-state index < -0.39 is 11.4 Å². The lowest BCUT2D eigenvalue weighted by atomic mass is 9.80. The van der Waals surface area contributed by atoms with Gasteiger partial charge in [-0.15, -0.1) is 0 Å². The minimum atomic E-state index is -0.898. The van der Waals surface area contributed by atoms with Crippen LogP contribution in [-0.4, -0.2) is 36.7 Å². The normalized spacial score (nSPS) is 19.5. The number of hydrogen-bond donors (Lipinski definition) is 2. The fourth-order valence-electron chi connectivity index (χ4n) is 3.29. The van der Waals surface area contributed by atoms with E-state index in [1.54, 1.807) is 0 Å². The minimum absolute atomic E-state index is 0.154. The first kappa shape index (κ1) is 15.0. The van der Waals surface area contributed by atoms with E-state index in [2.05, 4.69) is 5.32 Å². The van der Waals surface area contributed by atoms with Crippen molar-refractivity contribution in [1.82, 2.24) is 5.32 Å². The summed E-state index contributed by atoms with van der Waals surface area (Å²) in [7, 11) is 0. The van der Waals surface area contributed by atoms with Crippen molar-refractivity contribution in [1.29, 1.82) is 0 Å². The molecule has 118 valence electrons. The molecule has 1 aliphatic carbocycles. The van der Waals surface area contributed by atoms with Crippen molar-refractivity contribution in [3.05, 3.63) is 34.9 Å². The molecule has 3 rings (SSSR count). The van der Waals surface area contributed by atoms with Gasteiger partial charge in [0, 0.05) is 25.3 Å². The molecule has 0 atom stereocenters. The van der Waals surface area contributed by atoms with E-state index in [0.717, 1.165) is 19.3 Å². The Balaban J connectivity index is 1.67. The molecule has 0 unspecified atom stereocenters. The number of aliphatic carboxylic acids is 1. The molecular weight excluding hydrogens is 282 g/mol. The number of aryl methyl sites for hydroxylation is 2. The van der Waals surface area contributed by atoms with Crippen LogP contribution in [-0.2, 0) is 22.4 Å². The lowest BCUT2D eigenvalue weighted by Crippen LogP contribution is -2.46. The van der Waals surface area contributed by atoms with E-state index in [0.29, 0.717) is 31.6 Å². The summed E-state index contributed by atoms with van der Waals surface area (Å²) in [6, 6.07) is 5.78. The third-order valence-electron chi connectivity index (χ3n) is 4.85. The molecular formula is C17H21NO4. The van der Waals surface area contributed by atoms with Crippen LogP contribution in [0.25, 0.3) is 0 Å². The zero-order valence-electron chi connectivity index (χ0n) is 12.6.